The van der Waals surface area contributed by atoms with Crippen molar-refractivity contribution < 1.29 is 14.1 Å². The van der Waals surface area contributed by atoms with E-state index in [4.69, 9.17) is 14.1 Å². The van der Waals surface area contributed by atoms with Crippen LogP contribution in [-0.2, 0) is 6.42 Å². The Morgan fingerprint density at radius 2 is 1.94 bits per heavy atom. The second-order valence-corrected chi connectivity index (χ2v) is 9.30. The van der Waals surface area contributed by atoms with E-state index in [2.05, 4.69) is 12.1 Å². The smallest absolute Gasteiger partial charge is 0.433 e. The van der Waals surface area contributed by atoms with E-state index in [0.717, 1.165) is 35.2 Å². The first kappa shape index (κ1) is 21.3. The molecule has 0 N–H and O–H groups in total. The molecule has 3 heterocycles. The van der Waals surface area contributed by atoms with Gasteiger partial charge in [-0.25, -0.2) is 4.99 Å². The van der Waals surface area contributed by atoms with Crippen LogP contribution < -0.4 is 19.6 Å². The highest BCUT2D eigenvalue weighted by atomic mass is 32.1. The van der Waals surface area contributed by atoms with Crippen molar-refractivity contribution in [2.45, 2.75) is 18.9 Å². The monoisotopic (exact) mass is 485 g/mol. The van der Waals surface area contributed by atoms with Gasteiger partial charge in [-0.2, -0.15) is 0 Å². The molecule has 0 amide bonds. The third kappa shape index (κ3) is 3.43. The number of hydrogen-bond donors (Lipinski definition) is 0. The number of thiazole rings is 1. The molecule has 9 heteroatoms. The van der Waals surface area contributed by atoms with Gasteiger partial charge in [-0.15, -0.1) is 0 Å². The maximum absolute atomic E-state index is 13.7. The molecular formula is C26H19N3O5S. The number of nitrogens with zero attached hydrogens (tertiary/aromatic N) is 3. The zero-order valence-electron chi connectivity index (χ0n) is 18.6. The number of ether oxygens (including phenoxy) is 1. The molecule has 2 aromatic heterocycles. The molecule has 8 nitrogen and oxygen atoms in total. The molecule has 2 aromatic carbocycles. The highest BCUT2D eigenvalue weighted by Gasteiger charge is 2.34. The number of nitro groups is 1. The first-order chi connectivity index (χ1) is 17.0. The Labute approximate surface area is 202 Å². The topological polar surface area (TPSA) is 99.9 Å². The highest BCUT2D eigenvalue weighted by Crippen LogP contribution is 2.43. The van der Waals surface area contributed by atoms with Gasteiger partial charge in [0.1, 0.15) is 16.4 Å². The van der Waals surface area contributed by atoms with Gasteiger partial charge in [-0.3, -0.25) is 19.5 Å². The first-order valence-electron chi connectivity index (χ1n) is 11.1. The molecule has 1 atom stereocenters. The minimum Gasteiger partial charge on any atom is -0.496 e. The summed E-state index contributed by atoms with van der Waals surface area (Å²) in [5.74, 6) is 0.564. The number of aryl methyl sites for hydroxylation is 1. The van der Waals surface area contributed by atoms with Crippen LogP contribution in [0.5, 0.6) is 5.75 Å². The van der Waals surface area contributed by atoms with E-state index in [-0.39, 0.29) is 23.2 Å². The Morgan fingerprint density at radius 3 is 2.74 bits per heavy atom. The number of para-hydroxylation sites is 1. The predicted octanol–water partition coefficient (Wildman–Crippen LogP) is 3.83. The number of allylic oxidation sites excluding steroid dienone is 1. The van der Waals surface area contributed by atoms with Gasteiger partial charge in [-0.05, 0) is 36.1 Å². The van der Waals surface area contributed by atoms with E-state index in [1.807, 2.05) is 36.4 Å². The summed E-state index contributed by atoms with van der Waals surface area (Å²) < 4.78 is 13.0. The van der Waals surface area contributed by atoms with Crippen molar-refractivity contribution in [2.75, 3.05) is 7.11 Å². The van der Waals surface area contributed by atoms with E-state index in [0.29, 0.717) is 15.1 Å². The van der Waals surface area contributed by atoms with Gasteiger partial charge in [0.15, 0.2) is 4.80 Å². The van der Waals surface area contributed by atoms with Gasteiger partial charge in [-0.1, -0.05) is 53.8 Å². The molecule has 0 saturated heterocycles. The fourth-order valence-electron chi connectivity index (χ4n) is 4.84. The van der Waals surface area contributed by atoms with Crippen LogP contribution in [0, 0.1) is 10.1 Å². The van der Waals surface area contributed by atoms with Crippen molar-refractivity contribution >= 4 is 29.0 Å². The molecule has 35 heavy (non-hydrogen) atoms. The maximum atomic E-state index is 13.7. The first-order valence-corrected chi connectivity index (χ1v) is 11.9. The Balaban J connectivity index is 1.62. The van der Waals surface area contributed by atoms with Crippen molar-refractivity contribution in [2.24, 2.45) is 4.99 Å². The molecule has 0 spiro atoms. The lowest BCUT2D eigenvalue weighted by Crippen LogP contribution is -2.38. The normalized spacial score (nSPS) is 16.8. The minimum atomic E-state index is -0.605. The van der Waals surface area contributed by atoms with Crippen molar-refractivity contribution in [1.29, 1.82) is 0 Å². The number of benzene rings is 2. The average molecular weight is 486 g/mol. The summed E-state index contributed by atoms with van der Waals surface area (Å²) in [4.78, 5) is 29.6. The number of rotatable bonds is 4. The largest absolute Gasteiger partial charge is 0.496 e. The number of fused-ring (bicyclic) bond motifs is 3. The molecule has 4 aromatic rings. The molecule has 0 unspecified atom stereocenters. The van der Waals surface area contributed by atoms with E-state index >= 15 is 0 Å². The Kier molecular flexibility index (Phi) is 5.00. The van der Waals surface area contributed by atoms with Crippen LogP contribution in [0.15, 0.2) is 80.4 Å². The molecule has 0 saturated carbocycles. The van der Waals surface area contributed by atoms with Crippen LogP contribution in [0.25, 0.3) is 11.8 Å². The van der Waals surface area contributed by atoms with Gasteiger partial charge >= 0.3 is 5.88 Å². The summed E-state index contributed by atoms with van der Waals surface area (Å²) in [6.07, 6.45) is 3.16. The van der Waals surface area contributed by atoms with E-state index in [9.17, 15) is 14.9 Å². The fraction of sp³-hybridized carbons (Fsp3) is 0.154. The standard InChI is InChI=1S/C26H19N3O5S/c1-33-20-9-5-4-8-18(20)24-19-12-10-15-6-2-3-7-17(15)23(19)27-26-28(24)25(30)21(35-26)14-16-11-13-22(34-16)29(31)32/h2-9,11,13-14,24H,10,12H2,1H3/b21-14-/t24-/m0/s1. The van der Waals surface area contributed by atoms with Crippen LogP contribution in [0.4, 0.5) is 5.88 Å². The molecule has 6 rings (SSSR count). The van der Waals surface area contributed by atoms with Gasteiger partial charge in [0.2, 0.25) is 0 Å². The second kappa shape index (κ2) is 8.21. The molecular weight excluding hydrogens is 466 g/mol. The van der Waals surface area contributed by atoms with Gasteiger partial charge in [0, 0.05) is 17.2 Å². The fourth-order valence-corrected chi connectivity index (χ4v) is 5.82. The van der Waals surface area contributed by atoms with Crippen LogP contribution in [0.2, 0.25) is 0 Å². The molecule has 1 aliphatic heterocycles. The highest BCUT2D eigenvalue weighted by molar-refractivity contribution is 7.07. The Hall–Kier alpha value is -4.24. The van der Waals surface area contributed by atoms with Crippen LogP contribution in [-0.4, -0.2) is 16.6 Å². The van der Waals surface area contributed by atoms with E-state index in [1.54, 1.807) is 11.7 Å². The lowest BCUT2D eigenvalue weighted by atomic mass is 9.83. The second-order valence-electron chi connectivity index (χ2n) is 8.29. The van der Waals surface area contributed by atoms with Crippen molar-refractivity contribution in [1.82, 2.24) is 4.57 Å². The van der Waals surface area contributed by atoms with Crippen molar-refractivity contribution in [3.8, 4) is 5.75 Å². The van der Waals surface area contributed by atoms with Gasteiger partial charge in [0.25, 0.3) is 5.56 Å². The summed E-state index contributed by atoms with van der Waals surface area (Å²) in [7, 11) is 1.62. The summed E-state index contributed by atoms with van der Waals surface area (Å²) in [5.41, 5.74) is 4.93. The summed E-state index contributed by atoms with van der Waals surface area (Å²) in [6.45, 7) is 0. The third-order valence-corrected chi connectivity index (χ3v) is 7.36. The van der Waals surface area contributed by atoms with Gasteiger partial charge < -0.3 is 9.15 Å². The number of methoxy groups -OCH3 is 1. The van der Waals surface area contributed by atoms with Crippen LogP contribution in [0.3, 0.4) is 0 Å². The molecule has 174 valence electrons. The van der Waals surface area contributed by atoms with Crippen molar-refractivity contribution in [3.63, 3.8) is 0 Å². The zero-order valence-corrected chi connectivity index (χ0v) is 19.5. The number of hydrogen-bond acceptors (Lipinski definition) is 7. The zero-order chi connectivity index (χ0) is 24.1. The average Bonchev–Trinajstić information content (AvgIpc) is 3.47. The molecule has 0 fully saturated rings. The third-order valence-electron chi connectivity index (χ3n) is 6.37. The molecule has 0 radical (unpaired) electrons. The van der Waals surface area contributed by atoms with Crippen molar-refractivity contribution in [3.05, 3.63) is 118 Å². The summed E-state index contributed by atoms with van der Waals surface area (Å²) in [5, 5.41) is 11.0. The SMILES string of the molecule is COc1ccccc1[C@H]1C2=C(N=c3s/c(=C\c4ccc([N+](=O)[O-])o4)c(=O)n31)c1ccccc1CC2. The number of aromatic nitrogens is 1. The predicted molar refractivity (Wildman–Crippen MR) is 131 cm³/mol. The summed E-state index contributed by atoms with van der Waals surface area (Å²) in [6, 6.07) is 18.3. The summed E-state index contributed by atoms with van der Waals surface area (Å²) >= 11 is 1.24. The molecule has 1 aliphatic carbocycles. The lowest BCUT2D eigenvalue weighted by molar-refractivity contribution is -0.402. The molecule has 2 aliphatic rings. The van der Waals surface area contributed by atoms with Crippen LogP contribution in [0.1, 0.15) is 34.9 Å². The molecule has 0 bridgehead atoms. The van der Waals surface area contributed by atoms with E-state index < -0.39 is 4.92 Å². The number of furan rings is 1. The Bertz CT molecular complexity index is 1710. The Morgan fingerprint density at radius 1 is 1.14 bits per heavy atom. The quantitative estimate of drug-likeness (QED) is 0.323. The minimum absolute atomic E-state index is 0.228. The van der Waals surface area contributed by atoms with Crippen LogP contribution >= 0.6 is 11.3 Å². The lowest BCUT2D eigenvalue weighted by Gasteiger charge is -2.31. The van der Waals surface area contributed by atoms with E-state index in [1.165, 1.54) is 35.1 Å². The van der Waals surface area contributed by atoms with Gasteiger partial charge in [0.05, 0.1) is 29.4 Å². The maximum Gasteiger partial charge on any atom is 0.433 e.